The van der Waals surface area contributed by atoms with Crippen molar-refractivity contribution < 1.29 is 0 Å². The Balaban J connectivity index is 1.76. The molecule has 0 aliphatic carbocycles. The van der Waals surface area contributed by atoms with Gasteiger partial charge in [0.1, 0.15) is 0 Å². The van der Waals surface area contributed by atoms with Crippen LogP contribution in [0, 0.1) is 0 Å². The summed E-state index contributed by atoms with van der Waals surface area (Å²) in [4.78, 5) is 2.57. The second-order valence-electron chi connectivity index (χ2n) is 4.35. The zero-order valence-corrected chi connectivity index (χ0v) is 8.55. The fourth-order valence-corrected chi connectivity index (χ4v) is 2.20. The SMILES string of the molecule is CC1=CCN(C[C@H]2CCCN2)CC1. The van der Waals surface area contributed by atoms with E-state index in [9.17, 15) is 0 Å². The van der Waals surface area contributed by atoms with E-state index >= 15 is 0 Å². The lowest BCUT2D eigenvalue weighted by molar-refractivity contribution is 0.266. The highest BCUT2D eigenvalue weighted by Crippen LogP contribution is 2.12. The van der Waals surface area contributed by atoms with Gasteiger partial charge in [-0.05, 0) is 32.7 Å². The molecule has 0 aromatic carbocycles. The monoisotopic (exact) mass is 180 g/mol. The molecule has 2 aliphatic heterocycles. The van der Waals surface area contributed by atoms with Crippen molar-refractivity contribution in [3.8, 4) is 0 Å². The Bertz CT molecular complexity index is 192. The lowest BCUT2D eigenvalue weighted by Gasteiger charge is -2.27. The molecular formula is C11H20N2. The predicted molar refractivity (Wildman–Crippen MR) is 55.8 cm³/mol. The largest absolute Gasteiger partial charge is 0.313 e. The van der Waals surface area contributed by atoms with E-state index in [1.54, 1.807) is 5.57 Å². The first-order valence-electron chi connectivity index (χ1n) is 5.46. The van der Waals surface area contributed by atoms with Gasteiger partial charge in [-0.2, -0.15) is 0 Å². The van der Waals surface area contributed by atoms with Crippen LogP contribution in [0.3, 0.4) is 0 Å². The van der Waals surface area contributed by atoms with Crippen LogP contribution in [0.2, 0.25) is 0 Å². The molecule has 2 rings (SSSR count). The number of rotatable bonds is 2. The van der Waals surface area contributed by atoms with Gasteiger partial charge in [-0.1, -0.05) is 11.6 Å². The number of hydrogen-bond acceptors (Lipinski definition) is 2. The summed E-state index contributed by atoms with van der Waals surface area (Å²) >= 11 is 0. The van der Waals surface area contributed by atoms with E-state index in [4.69, 9.17) is 0 Å². The molecule has 1 saturated heterocycles. The van der Waals surface area contributed by atoms with Gasteiger partial charge in [-0.15, -0.1) is 0 Å². The van der Waals surface area contributed by atoms with E-state index in [1.807, 2.05) is 0 Å². The number of nitrogens with one attached hydrogen (secondary N) is 1. The minimum atomic E-state index is 0.770. The van der Waals surface area contributed by atoms with Crippen LogP contribution in [0.5, 0.6) is 0 Å². The highest BCUT2D eigenvalue weighted by atomic mass is 15.2. The van der Waals surface area contributed by atoms with Gasteiger partial charge in [-0.3, -0.25) is 4.90 Å². The molecule has 2 nitrogen and oxygen atoms in total. The summed E-state index contributed by atoms with van der Waals surface area (Å²) in [6.45, 7) is 7.16. The fourth-order valence-electron chi connectivity index (χ4n) is 2.20. The van der Waals surface area contributed by atoms with Crippen LogP contribution in [0.1, 0.15) is 26.2 Å². The molecule has 1 atom stereocenters. The van der Waals surface area contributed by atoms with Crippen molar-refractivity contribution in [1.82, 2.24) is 10.2 Å². The van der Waals surface area contributed by atoms with E-state index in [1.165, 1.54) is 45.4 Å². The van der Waals surface area contributed by atoms with Crippen molar-refractivity contribution in [2.75, 3.05) is 26.2 Å². The van der Waals surface area contributed by atoms with Crippen LogP contribution in [-0.2, 0) is 0 Å². The van der Waals surface area contributed by atoms with Gasteiger partial charge in [0, 0.05) is 25.7 Å². The Morgan fingerprint density at radius 2 is 2.54 bits per heavy atom. The molecule has 0 unspecified atom stereocenters. The molecule has 0 radical (unpaired) electrons. The normalized spacial score (nSPS) is 30.5. The molecule has 2 aliphatic rings. The number of nitrogens with zero attached hydrogens (tertiary/aromatic N) is 1. The smallest absolute Gasteiger partial charge is 0.0195 e. The first-order valence-corrected chi connectivity index (χ1v) is 5.46. The maximum Gasteiger partial charge on any atom is 0.0195 e. The molecular weight excluding hydrogens is 160 g/mol. The molecule has 0 amide bonds. The zero-order valence-electron chi connectivity index (χ0n) is 8.55. The Labute approximate surface area is 81.0 Å². The van der Waals surface area contributed by atoms with Crippen LogP contribution in [0.15, 0.2) is 11.6 Å². The fraction of sp³-hybridized carbons (Fsp3) is 0.818. The molecule has 2 heteroatoms. The Morgan fingerprint density at radius 1 is 1.62 bits per heavy atom. The van der Waals surface area contributed by atoms with Crippen molar-refractivity contribution in [2.24, 2.45) is 0 Å². The molecule has 0 aromatic heterocycles. The second kappa shape index (κ2) is 4.25. The number of hydrogen-bond donors (Lipinski definition) is 1. The summed E-state index contributed by atoms with van der Waals surface area (Å²) in [7, 11) is 0. The highest BCUT2D eigenvalue weighted by molar-refractivity contribution is 5.04. The zero-order chi connectivity index (χ0) is 9.10. The van der Waals surface area contributed by atoms with Gasteiger partial charge in [-0.25, -0.2) is 0 Å². The van der Waals surface area contributed by atoms with Crippen molar-refractivity contribution in [2.45, 2.75) is 32.2 Å². The van der Waals surface area contributed by atoms with Gasteiger partial charge in [0.05, 0.1) is 0 Å². The lowest BCUT2D eigenvalue weighted by Crippen LogP contribution is -2.39. The third kappa shape index (κ3) is 2.55. The quantitative estimate of drug-likeness (QED) is 0.646. The third-order valence-electron chi connectivity index (χ3n) is 3.16. The summed E-state index contributed by atoms with van der Waals surface area (Å²) < 4.78 is 0. The predicted octanol–water partition coefficient (Wildman–Crippen LogP) is 1.39. The van der Waals surface area contributed by atoms with Gasteiger partial charge in [0.2, 0.25) is 0 Å². The molecule has 1 fully saturated rings. The average molecular weight is 180 g/mol. The third-order valence-corrected chi connectivity index (χ3v) is 3.16. The summed E-state index contributed by atoms with van der Waals surface area (Å²) in [6.07, 6.45) is 6.39. The summed E-state index contributed by atoms with van der Waals surface area (Å²) in [5, 5.41) is 3.55. The van der Waals surface area contributed by atoms with Crippen LogP contribution in [0.4, 0.5) is 0 Å². The van der Waals surface area contributed by atoms with E-state index in [0.717, 1.165) is 6.04 Å². The Hall–Kier alpha value is -0.340. The van der Waals surface area contributed by atoms with Gasteiger partial charge >= 0.3 is 0 Å². The van der Waals surface area contributed by atoms with Gasteiger partial charge in [0.25, 0.3) is 0 Å². The lowest BCUT2D eigenvalue weighted by atomic mass is 10.1. The van der Waals surface area contributed by atoms with Crippen molar-refractivity contribution in [3.63, 3.8) is 0 Å². The molecule has 2 heterocycles. The summed E-state index contributed by atoms with van der Waals surface area (Å²) in [5.41, 5.74) is 1.57. The average Bonchev–Trinajstić information content (AvgIpc) is 2.62. The molecule has 0 saturated carbocycles. The molecule has 13 heavy (non-hydrogen) atoms. The molecule has 0 spiro atoms. The van der Waals surface area contributed by atoms with E-state index in [2.05, 4.69) is 23.2 Å². The standard InChI is InChI=1S/C11H20N2/c1-10-4-7-13(8-5-10)9-11-3-2-6-12-11/h4,11-12H,2-3,5-9H2,1H3/t11-/m1/s1. The minimum absolute atomic E-state index is 0.770. The topological polar surface area (TPSA) is 15.3 Å². The Morgan fingerprint density at radius 3 is 3.15 bits per heavy atom. The van der Waals surface area contributed by atoms with Crippen LogP contribution < -0.4 is 5.32 Å². The highest BCUT2D eigenvalue weighted by Gasteiger charge is 2.18. The van der Waals surface area contributed by atoms with Crippen LogP contribution in [-0.4, -0.2) is 37.1 Å². The van der Waals surface area contributed by atoms with E-state index < -0.39 is 0 Å². The maximum absolute atomic E-state index is 3.55. The van der Waals surface area contributed by atoms with Crippen LogP contribution >= 0.6 is 0 Å². The second-order valence-corrected chi connectivity index (χ2v) is 4.35. The molecule has 0 bridgehead atoms. The van der Waals surface area contributed by atoms with Crippen molar-refractivity contribution in [1.29, 1.82) is 0 Å². The summed E-state index contributed by atoms with van der Waals surface area (Å²) in [5.74, 6) is 0. The van der Waals surface area contributed by atoms with Crippen molar-refractivity contribution in [3.05, 3.63) is 11.6 Å². The van der Waals surface area contributed by atoms with Gasteiger partial charge in [0.15, 0.2) is 0 Å². The van der Waals surface area contributed by atoms with Crippen molar-refractivity contribution >= 4 is 0 Å². The van der Waals surface area contributed by atoms with Crippen LogP contribution in [0.25, 0.3) is 0 Å². The first kappa shape index (κ1) is 9.22. The maximum atomic E-state index is 3.55. The molecule has 1 N–H and O–H groups in total. The Kier molecular flexibility index (Phi) is 3.01. The van der Waals surface area contributed by atoms with Gasteiger partial charge < -0.3 is 5.32 Å². The molecule has 0 aromatic rings. The van der Waals surface area contributed by atoms with E-state index in [-0.39, 0.29) is 0 Å². The first-order chi connectivity index (χ1) is 6.34. The summed E-state index contributed by atoms with van der Waals surface area (Å²) in [6, 6.07) is 0.770. The minimum Gasteiger partial charge on any atom is -0.313 e. The molecule has 74 valence electrons. The van der Waals surface area contributed by atoms with E-state index in [0.29, 0.717) is 0 Å².